The Balaban J connectivity index is 1.76. The van der Waals surface area contributed by atoms with E-state index in [1.54, 1.807) is 49.2 Å². The molecule has 3 N–H and O–H groups in total. The van der Waals surface area contributed by atoms with E-state index in [4.69, 9.17) is 20.2 Å². The van der Waals surface area contributed by atoms with Crippen LogP contribution in [0.25, 0.3) is 33.3 Å². The minimum atomic E-state index is -0.760. The molecule has 3 heterocycles. The lowest BCUT2D eigenvalue weighted by Crippen LogP contribution is -2.38. The number of hydrogen-bond acceptors (Lipinski definition) is 8. The Morgan fingerprint density at radius 3 is 2.57 bits per heavy atom. The third kappa shape index (κ3) is 7.66. The summed E-state index contributed by atoms with van der Waals surface area (Å²) in [7, 11) is 5.39. The number of rotatable bonds is 12. The van der Waals surface area contributed by atoms with Gasteiger partial charge in [0.1, 0.15) is 17.4 Å². The van der Waals surface area contributed by atoms with Crippen LogP contribution in [0.4, 0.5) is 10.1 Å². The van der Waals surface area contributed by atoms with Gasteiger partial charge in [-0.15, -0.1) is 0 Å². The molecule has 3 atom stereocenters. The molecule has 0 aliphatic rings. The van der Waals surface area contributed by atoms with Gasteiger partial charge < -0.3 is 25.4 Å². The monoisotopic (exact) mass is 602 g/mol. The lowest BCUT2D eigenvalue weighted by Gasteiger charge is -2.21. The molecule has 0 bridgehead atoms. The van der Waals surface area contributed by atoms with E-state index in [9.17, 15) is 14.0 Å². The minimum absolute atomic E-state index is 0.0428. The molecule has 0 radical (unpaired) electrons. The molecule has 4 rings (SSSR count). The average molecular weight is 603 g/mol. The quantitative estimate of drug-likeness (QED) is 0.125. The Kier molecular flexibility index (Phi) is 10.5. The predicted octanol–water partition coefficient (Wildman–Crippen LogP) is 5.40. The third-order valence-electron chi connectivity index (χ3n) is 7.40. The number of nitrogens with two attached hydrogens (primary N) is 1. The first-order chi connectivity index (χ1) is 21.0. The van der Waals surface area contributed by atoms with Crippen molar-refractivity contribution >= 4 is 28.6 Å². The van der Waals surface area contributed by atoms with E-state index in [1.165, 1.54) is 18.3 Å². The van der Waals surface area contributed by atoms with Crippen molar-refractivity contribution in [3.8, 4) is 28.0 Å². The highest BCUT2D eigenvalue weighted by Gasteiger charge is 2.25. The number of halogens is 1. The molecule has 0 spiro atoms. The number of hydrogen-bond donors (Lipinski definition) is 2. The summed E-state index contributed by atoms with van der Waals surface area (Å²) in [5, 5.41) is 3.58. The van der Waals surface area contributed by atoms with E-state index in [0.717, 1.165) is 17.5 Å². The number of amides is 1. The van der Waals surface area contributed by atoms with Gasteiger partial charge in [-0.1, -0.05) is 26.3 Å². The molecule has 4 aromatic rings. The van der Waals surface area contributed by atoms with Crippen molar-refractivity contribution in [3.05, 3.63) is 73.1 Å². The molecule has 0 aliphatic carbocycles. The summed E-state index contributed by atoms with van der Waals surface area (Å²) in [6, 6.07) is 9.59. The second-order valence-electron chi connectivity index (χ2n) is 11.0. The van der Waals surface area contributed by atoms with E-state index in [0.29, 0.717) is 40.1 Å². The molecule has 10 nitrogen and oxygen atoms in total. The number of fused-ring (bicyclic) bond motifs is 1. The smallest absolute Gasteiger partial charge is 0.325 e. The fourth-order valence-corrected chi connectivity index (χ4v) is 4.67. The number of carbonyl (C=O) groups excluding carboxylic acids is 2. The number of nitrogens with one attached hydrogen (secondary N) is 1. The fraction of sp³-hybridized carbons (Fsp3) is 0.333. The molecule has 44 heavy (non-hydrogen) atoms. The number of benzene rings is 1. The number of likely N-dealkylation sites (N-methyl/N-ethyl adjacent to an activating group) is 1. The van der Waals surface area contributed by atoms with Crippen LogP contribution in [0.1, 0.15) is 33.4 Å². The van der Waals surface area contributed by atoms with Crippen LogP contribution in [-0.4, -0.2) is 65.1 Å². The van der Waals surface area contributed by atoms with Gasteiger partial charge in [0, 0.05) is 65.5 Å². The van der Waals surface area contributed by atoms with Gasteiger partial charge in [0.25, 0.3) is 0 Å². The second kappa shape index (κ2) is 14.2. The molecule has 3 aromatic heterocycles. The molecule has 0 fully saturated rings. The number of pyridine rings is 2. The van der Waals surface area contributed by atoms with Crippen molar-refractivity contribution in [1.82, 2.24) is 19.4 Å². The zero-order valence-electron chi connectivity index (χ0n) is 25.9. The molecule has 0 saturated heterocycles. The number of aromatic nitrogens is 3. The van der Waals surface area contributed by atoms with Crippen LogP contribution in [0.15, 0.2) is 67.1 Å². The molecule has 3 unspecified atom stereocenters. The molecule has 0 aliphatic heterocycles. The Morgan fingerprint density at radius 2 is 1.89 bits per heavy atom. The van der Waals surface area contributed by atoms with E-state index >= 15 is 0 Å². The van der Waals surface area contributed by atoms with E-state index in [1.807, 2.05) is 51.0 Å². The van der Waals surface area contributed by atoms with Crippen LogP contribution in [0.3, 0.4) is 0 Å². The maximum absolute atomic E-state index is 14.2. The van der Waals surface area contributed by atoms with Gasteiger partial charge in [0.05, 0.1) is 7.11 Å². The minimum Gasteiger partial charge on any atom is -0.497 e. The maximum Gasteiger partial charge on any atom is 0.325 e. The van der Waals surface area contributed by atoms with Crippen LogP contribution >= 0.6 is 0 Å². The molecule has 11 heteroatoms. The standard InChI is InChI=1S/C33H39FN6O4/c1-7-20(2)31(35)33(42)44-21(3)40-19-28(22-10-11-36-29(34)16-22)27-15-24(18-37-32(27)40)23-13-25(17-26(14-23)43-6)38-30(41)9-8-12-39(4)5/h8-11,13-21,31H,7,12,35H2,1-6H3,(H,38,41)/b9-8+. The number of ether oxygens (including phenoxy) is 2. The summed E-state index contributed by atoms with van der Waals surface area (Å²) in [5.74, 6) is -0.903. The molecule has 0 saturated carbocycles. The van der Waals surface area contributed by atoms with Gasteiger partial charge in [-0.25, -0.2) is 9.97 Å². The topological polar surface area (TPSA) is 125 Å². The molecule has 1 amide bonds. The van der Waals surface area contributed by atoms with Gasteiger partial charge in [-0.3, -0.25) is 14.2 Å². The van der Waals surface area contributed by atoms with Crippen molar-refractivity contribution < 1.29 is 23.5 Å². The van der Waals surface area contributed by atoms with Crippen molar-refractivity contribution in [2.75, 3.05) is 33.1 Å². The number of anilines is 1. The van der Waals surface area contributed by atoms with Crippen molar-refractivity contribution in [2.45, 2.75) is 39.5 Å². The van der Waals surface area contributed by atoms with Gasteiger partial charge in [0.2, 0.25) is 11.9 Å². The summed E-state index contributed by atoms with van der Waals surface area (Å²) in [6.07, 6.45) is 8.12. The SMILES string of the molecule is CCC(C)C(N)C(=O)OC(C)n1cc(-c2ccnc(F)c2)c2cc(-c3cc(NC(=O)/C=C/CN(C)C)cc(OC)c3)cnc21. The Labute approximate surface area is 256 Å². The van der Waals surface area contributed by atoms with Gasteiger partial charge in [0.15, 0.2) is 6.23 Å². The van der Waals surface area contributed by atoms with Crippen LogP contribution in [0.2, 0.25) is 0 Å². The molecule has 1 aromatic carbocycles. The highest BCUT2D eigenvalue weighted by atomic mass is 19.1. The van der Waals surface area contributed by atoms with Crippen LogP contribution in [0, 0.1) is 11.9 Å². The first kappa shape index (κ1) is 32.3. The summed E-state index contributed by atoms with van der Waals surface area (Å²) in [4.78, 5) is 35.7. The zero-order valence-corrected chi connectivity index (χ0v) is 25.9. The largest absolute Gasteiger partial charge is 0.497 e. The predicted molar refractivity (Wildman–Crippen MR) is 169 cm³/mol. The molecular weight excluding hydrogens is 563 g/mol. The lowest BCUT2D eigenvalue weighted by atomic mass is 10.0. The van der Waals surface area contributed by atoms with Crippen LogP contribution in [0.5, 0.6) is 5.75 Å². The summed E-state index contributed by atoms with van der Waals surface area (Å²) < 4.78 is 27.2. The van der Waals surface area contributed by atoms with E-state index in [-0.39, 0.29) is 11.8 Å². The Bertz CT molecular complexity index is 1670. The van der Waals surface area contributed by atoms with Crippen LogP contribution in [-0.2, 0) is 14.3 Å². The number of carbonyl (C=O) groups is 2. The number of esters is 1. The van der Waals surface area contributed by atoms with Crippen LogP contribution < -0.4 is 15.8 Å². The third-order valence-corrected chi connectivity index (χ3v) is 7.40. The number of methoxy groups -OCH3 is 1. The van der Waals surface area contributed by atoms with Crippen molar-refractivity contribution in [1.29, 1.82) is 0 Å². The van der Waals surface area contributed by atoms with Crippen molar-refractivity contribution in [2.24, 2.45) is 11.7 Å². The summed E-state index contributed by atoms with van der Waals surface area (Å²) in [5.41, 5.74) is 9.92. The first-order valence-electron chi connectivity index (χ1n) is 14.4. The highest BCUT2D eigenvalue weighted by molar-refractivity contribution is 6.00. The van der Waals surface area contributed by atoms with Gasteiger partial charge >= 0.3 is 5.97 Å². The van der Waals surface area contributed by atoms with Crippen molar-refractivity contribution in [3.63, 3.8) is 0 Å². The Morgan fingerprint density at radius 1 is 1.11 bits per heavy atom. The van der Waals surface area contributed by atoms with Gasteiger partial charge in [-0.05, 0) is 62.3 Å². The Hall–Kier alpha value is -4.61. The zero-order chi connectivity index (χ0) is 32.0. The summed E-state index contributed by atoms with van der Waals surface area (Å²) >= 11 is 0. The maximum atomic E-state index is 14.2. The first-order valence-corrected chi connectivity index (χ1v) is 14.4. The van der Waals surface area contributed by atoms with Gasteiger partial charge in [-0.2, -0.15) is 4.39 Å². The lowest BCUT2D eigenvalue weighted by molar-refractivity contribution is -0.155. The van der Waals surface area contributed by atoms with E-state index < -0.39 is 24.2 Å². The normalized spacial score (nSPS) is 13.7. The molecular formula is C33H39FN6O4. The fourth-order valence-electron chi connectivity index (χ4n) is 4.67. The second-order valence-corrected chi connectivity index (χ2v) is 11.0. The highest BCUT2D eigenvalue weighted by Crippen LogP contribution is 2.36. The molecule has 232 valence electrons. The summed E-state index contributed by atoms with van der Waals surface area (Å²) in [6.45, 7) is 6.23. The van der Waals surface area contributed by atoms with E-state index in [2.05, 4.69) is 10.3 Å². The average Bonchev–Trinajstić information content (AvgIpc) is 3.39. The number of nitrogens with zero attached hydrogens (tertiary/aromatic N) is 4.